The van der Waals surface area contributed by atoms with Crippen LogP contribution in [0.3, 0.4) is 0 Å². The molecule has 2 heterocycles. The van der Waals surface area contributed by atoms with Gasteiger partial charge in [0.25, 0.3) is 0 Å². The Hall–Kier alpha value is -2.69. The van der Waals surface area contributed by atoms with Gasteiger partial charge < -0.3 is 20.0 Å². The molecule has 0 saturated carbocycles. The highest BCUT2D eigenvalue weighted by Crippen LogP contribution is 2.23. The van der Waals surface area contributed by atoms with Crippen molar-refractivity contribution in [3.05, 3.63) is 54.5 Å². The molecule has 1 amide bonds. The quantitative estimate of drug-likeness (QED) is 0.697. The van der Waals surface area contributed by atoms with E-state index in [2.05, 4.69) is 4.90 Å². The van der Waals surface area contributed by atoms with Gasteiger partial charge in [-0.05, 0) is 30.3 Å². The van der Waals surface area contributed by atoms with E-state index in [1.165, 1.54) is 0 Å². The molecule has 0 aliphatic carbocycles. The number of para-hydroxylation sites is 2. The molecule has 2 N–H and O–H groups in total. The highest BCUT2D eigenvalue weighted by molar-refractivity contribution is 5.91. The Morgan fingerprint density at radius 2 is 1.86 bits per heavy atom. The van der Waals surface area contributed by atoms with Gasteiger partial charge in [0.15, 0.2) is 0 Å². The van der Waals surface area contributed by atoms with Crippen molar-refractivity contribution in [2.24, 2.45) is 0 Å². The number of amides is 1. The smallest absolute Gasteiger partial charge is 0.246 e. The first-order chi connectivity index (χ1) is 10.7. The zero-order chi connectivity index (χ0) is 15.4. The fourth-order valence-corrected chi connectivity index (χ4v) is 2.59. The average Bonchev–Trinajstić information content (AvgIpc) is 3.07. The molecule has 1 fully saturated rings. The standard InChI is InChI=1S/C17H19N3O2/c18-15-5-1-2-6-16(15)19-9-11-20(12-10-19)17(21)8-7-14-4-3-13-22-14/h1-8,13H,9-12,18H2/b8-7+. The fourth-order valence-electron chi connectivity index (χ4n) is 2.59. The second kappa shape index (κ2) is 6.39. The summed E-state index contributed by atoms with van der Waals surface area (Å²) in [7, 11) is 0. The molecule has 1 aromatic carbocycles. The van der Waals surface area contributed by atoms with Gasteiger partial charge in [0.05, 0.1) is 17.6 Å². The molecule has 2 aromatic rings. The van der Waals surface area contributed by atoms with Gasteiger partial charge in [-0.3, -0.25) is 4.79 Å². The van der Waals surface area contributed by atoms with Crippen LogP contribution in [0.2, 0.25) is 0 Å². The Morgan fingerprint density at radius 1 is 1.09 bits per heavy atom. The molecule has 3 rings (SSSR count). The number of carbonyl (C=O) groups is 1. The number of nitrogen functional groups attached to an aromatic ring is 1. The van der Waals surface area contributed by atoms with Gasteiger partial charge >= 0.3 is 0 Å². The third-order valence-corrected chi connectivity index (χ3v) is 3.80. The maximum atomic E-state index is 12.2. The predicted molar refractivity (Wildman–Crippen MR) is 87.4 cm³/mol. The number of rotatable bonds is 3. The lowest BCUT2D eigenvalue weighted by molar-refractivity contribution is -0.126. The first-order valence-electron chi connectivity index (χ1n) is 7.34. The normalized spacial score (nSPS) is 15.5. The minimum absolute atomic E-state index is 0.0112. The first kappa shape index (κ1) is 14.3. The lowest BCUT2D eigenvalue weighted by atomic mass is 10.2. The number of piperazine rings is 1. The monoisotopic (exact) mass is 297 g/mol. The van der Waals surface area contributed by atoms with Gasteiger partial charge in [-0.2, -0.15) is 0 Å². The van der Waals surface area contributed by atoms with Crippen molar-refractivity contribution in [2.45, 2.75) is 0 Å². The number of nitrogens with zero attached hydrogens (tertiary/aromatic N) is 2. The molecule has 0 unspecified atom stereocenters. The van der Waals surface area contributed by atoms with Crippen LogP contribution in [0.5, 0.6) is 0 Å². The van der Waals surface area contributed by atoms with E-state index in [0.717, 1.165) is 24.5 Å². The number of carbonyl (C=O) groups excluding carboxylic acids is 1. The van der Waals surface area contributed by atoms with Crippen LogP contribution in [0.1, 0.15) is 5.76 Å². The molecule has 0 spiro atoms. The second-order valence-electron chi connectivity index (χ2n) is 5.22. The SMILES string of the molecule is Nc1ccccc1N1CCN(C(=O)/C=C/c2ccco2)CC1. The summed E-state index contributed by atoms with van der Waals surface area (Å²) in [5.74, 6) is 0.695. The fraction of sp³-hybridized carbons (Fsp3) is 0.235. The molecule has 22 heavy (non-hydrogen) atoms. The molecule has 0 radical (unpaired) electrons. The summed E-state index contributed by atoms with van der Waals surface area (Å²) in [5.41, 5.74) is 7.82. The molecule has 1 aromatic heterocycles. The van der Waals surface area contributed by atoms with Crippen molar-refractivity contribution < 1.29 is 9.21 Å². The van der Waals surface area contributed by atoms with Gasteiger partial charge in [-0.1, -0.05) is 12.1 Å². The van der Waals surface area contributed by atoms with Gasteiger partial charge in [0, 0.05) is 32.3 Å². The van der Waals surface area contributed by atoms with E-state index in [1.54, 1.807) is 24.5 Å². The van der Waals surface area contributed by atoms with Gasteiger partial charge in [-0.25, -0.2) is 0 Å². The second-order valence-corrected chi connectivity index (χ2v) is 5.22. The van der Waals surface area contributed by atoms with E-state index in [1.807, 2.05) is 35.2 Å². The summed E-state index contributed by atoms with van der Waals surface area (Å²) in [6.07, 6.45) is 4.85. The minimum Gasteiger partial charge on any atom is -0.465 e. The molecule has 0 atom stereocenters. The number of hydrogen-bond donors (Lipinski definition) is 1. The van der Waals surface area contributed by atoms with Gasteiger partial charge in [0.2, 0.25) is 5.91 Å². The lowest BCUT2D eigenvalue weighted by Gasteiger charge is -2.36. The Bertz CT molecular complexity index is 656. The van der Waals surface area contributed by atoms with Crippen molar-refractivity contribution in [3.8, 4) is 0 Å². The molecule has 5 heteroatoms. The maximum Gasteiger partial charge on any atom is 0.246 e. The molecule has 5 nitrogen and oxygen atoms in total. The number of hydrogen-bond acceptors (Lipinski definition) is 4. The number of nitrogens with two attached hydrogens (primary N) is 1. The van der Waals surface area contributed by atoms with Gasteiger partial charge in [-0.15, -0.1) is 0 Å². The molecular formula is C17H19N3O2. The lowest BCUT2D eigenvalue weighted by Crippen LogP contribution is -2.48. The number of furan rings is 1. The Morgan fingerprint density at radius 3 is 2.55 bits per heavy atom. The molecular weight excluding hydrogens is 278 g/mol. The van der Waals surface area contributed by atoms with Gasteiger partial charge in [0.1, 0.15) is 5.76 Å². The van der Waals surface area contributed by atoms with Crippen LogP contribution in [0.25, 0.3) is 6.08 Å². The topological polar surface area (TPSA) is 62.7 Å². The summed E-state index contributed by atoms with van der Waals surface area (Å²) < 4.78 is 5.18. The zero-order valence-electron chi connectivity index (χ0n) is 12.3. The van der Waals surface area contributed by atoms with E-state index >= 15 is 0 Å². The summed E-state index contributed by atoms with van der Waals surface area (Å²) in [6, 6.07) is 11.4. The van der Waals surface area contributed by atoms with E-state index in [9.17, 15) is 4.79 Å². The molecule has 114 valence electrons. The van der Waals surface area contributed by atoms with Crippen molar-refractivity contribution >= 4 is 23.4 Å². The van der Waals surface area contributed by atoms with Crippen LogP contribution in [0.4, 0.5) is 11.4 Å². The average molecular weight is 297 g/mol. The number of benzene rings is 1. The van der Waals surface area contributed by atoms with Crippen LogP contribution in [-0.4, -0.2) is 37.0 Å². The van der Waals surface area contributed by atoms with E-state index in [0.29, 0.717) is 18.8 Å². The highest BCUT2D eigenvalue weighted by Gasteiger charge is 2.20. The Labute approximate surface area is 129 Å². The van der Waals surface area contributed by atoms with Crippen molar-refractivity contribution in [1.82, 2.24) is 4.90 Å². The van der Waals surface area contributed by atoms with Crippen molar-refractivity contribution in [1.29, 1.82) is 0 Å². The summed E-state index contributed by atoms with van der Waals surface area (Å²) in [6.45, 7) is 2.95. The van der Waals surface area contributed by atoms with Crippen LogP contribution in [-0.2, 0) is 4.79 Å². The molecule has 0 bridgehead atoms. The Kier molecular flexibility index (Phi) is 4.14. The van der Waals surface area contributed by atoms with Crippen LogP contribution in [0.15, 0.2) is 53.2 Å². The minimum atomic E-state index is 0.0112. The third kappa shape index (κ3) is 3.14. The van der Waals surface area contributed by atoms with E-state index in [4.69, 9.17) is 10.2 Å². The highest BCUT2D eigenvalue weighted by atomic mass is 16.3. The van der Waals surface area contributed by atoms with E-state index in [-0.39, 0.29) is 5.91 Å². The van der Waals surface area contributed by atoms with Crippen LogP contribution >= 0.6 is 0 Å². The summed E-state index contributed by atoms with van der Waals surface area (Å²) in [5, 5.41) is 0. The maximum absolute atomic E-state index is 12.2. The zero-order valence-corrected chi connectivity index (χ0v) is 12.3. The molecule has 1 aliphatic heterocycles. The largest absolute Gasteiger partial charge is 0.465 e. The van der Waals surface area contributed by atoms with Crippen molar-refractivity contribution in [2.75, 3.05) is 36.8 Å². The van der Waals surface area contributed by atoms with Crippen LogP contribution < -0.4 is 10.6 Å². The van der Waals surface area contributed by atoms with Crippen LogP contribution in [0, 0.1) is 0 Å². The molecule has 1 saturated heterocycles. The predicted octanol–water partition coefficient (Wildman–Crippen LogP) is 2.22. The summed E-state index contributed by atoms with van der Waals surface area (Å²) in [4.78, 5) is 16.2. The Balaban J connectivity index is 1.57. The summed E-state index contributed by atoms with van der Waals surface area (Å²) >= 11 is 0. The van der Waals surface area contributed by atoms with E-state index < -0.39 is 0 Å². The van der Waals surface area contributed by atoms with Crippen molar-refractivity contribution in [3.63, 3.8) is 0 Å². The number of anilines is 2. The third-order valence-electron chi connectivity index (χ3n) is 3.80. The first-order valence-corrected chi connectivity index (χ1v) is 7.34. The molecule has 1 aliphatic rings.